The van der Waals surface area contributed by atoms with Crippen molar-refractivity contribution in [3.63, 3.8) is 0 Å². The highest BCUT2D eigenvalue weighted by atomic mass is 35.5. The van der Waals surface area contributed by atoms with Gasteiger partial charge in [-0.3, -0.25) is 14.4 Å². The molecule has 3 rings (SSSR count). The summed E-state index contributed by atoms with van der Waals surface area (Å²) < 4.78 is 0. The van der Waals surface area contributed by atoms with Crippen LogP contribution in [-0.4, -0.2) is 48.8 Å². The van der Waals surface area contributed by atoms with Crippen LogP contribution in [0.1, 0.15) is 36.0 Å². The van der Waals surface area contributed by atoms with Gasteiger partial charge in [-0.05, 0) is 49.9 Å². The fourth-order valence-electron chi connectivity index (χ4n) is 3.16. The number of hydrogen-bond acceptors (Lipinski definition) is 3. The third-order valence-corrected chi connectivity index (χ3v) is 5.09. The van der Waals surface area contributed by atoms with Crippen molar-refractivity contribution in [3.05, 3.63) is 34.9 Å². The van der Waals surface area contributed by atoms with Crippen LogP contribution in [0.4, 0.5) is 0 Å². The lowest BCUT2D eigenvalue weighted by atomic mass is 9.96. The first-order valence-electron chi connectivity index (χ1n) is 9.15. The van der Waals surface area contributed by atoms with Crippen LogP contribution in [0.3, 0.4) is 0 Å². The Kier molecular flexibility index (Phi) is 6.14. The highest BCUT2D eigenvalue weighted by molar-refractivity contribution is 6.30. The lowest BCUT2D eigenvalue weighted by molar-refractivity contribution is -0.127. The number of amides is 3. The van der Waals surface area contributed by atoms with Gasteiger partial charge in [0.2, 0.25) is 11.8 Å². The van der Waals surface area contributed by atoms with E-state index in [1.54, 1.807) is 29.2 Å². The van der Waals surface area contributed by atoms with Crippen molar-refractivity contribution in [1.29, 1.82) is 0 Å². The summed E-state index contributed by atoms with van der Waals surface area (Å²) in [6.07, 6.45) is 3.51. The Bertz CT molecular complexity index is 673. The summed E-state index contributed by atoms with van der Waals surface area (Å²) in [6.45, 7) is 1.94. The molecule has 1 aromatic carbocycles. The summed E-state index contributed by atoms with van der Waals surface area (Å²) in [7, 11) is 0. The summed E-state index contributed by atoms with van der Waals surface area (Å²) in [4.78, 5) is 38.2. The minimum atomic E-state index is -0.209. The number of likely N-dealkylation sites (tertiary alicyclic amines) is 1. The van der Waals surface area contributed by atoms with Gasteiger partial charge in [0, 0.05) is 42.7 Å². The van der Waals surface area contributed by atoms with Gasteiger partial charge in [-0.2, -0.15) is 0 Å². The molecule has 140 valence electrons. The van der Waals surface area contributed by atoms with Crippen molar-refractivity contribution in [2.45, 2.75) is 25.7 Å². The molecule has 26 heavy (non-hydrogen) atoms. The zero-order valence-corrected chi connectivity index (χ0v) is 15.4. The number of halogens is 1. The molecule has 1 aliphatic heterocycles. The Morgan fingerprint density at radius 2 is 1.58 bits per heavy atom. The molecule has 1 heterocycles. The van der Waals surface area contributed by atoms with Gasteiger partial charge in [-0.15, -0.1) is 0 Å². The summed E-state index contributed by atoms with van der Waals surface area (Å²) >= 11 is 5.86. The second-order valence-electron chi connectivity index (χ2n) is 6.95. The molecular weight excluding hydrogens is 354 g/mol. The van der Waals surface area contributed by atoms with E-state index in [4.69, 9.17) is 11.6 Å². The summed E-state index contributed by atoms with van der Waals surface area (Å²) in [5.74, 6) is -0.0811. The Hall–Kier alpha value is -2.08. The Balaban J connectivity index is 1.44. The smallest absolute Gasteiger partial charge is 0.253 e. The number of carbonyl (C=O) groups excluding carboxylic acids is 3. The molecule has 7 heteroatoms. The lowest BCUT2D eigenvalue weighted by Gasteiger charge is -2.32. The van der Waals surface area contributed by atoms with E-state index in [0.29, 0.717) is 36.8 Å². The van der Waals surface area contributed by atoms with Crippen LogP contribution >= 0.6 is 11.6 Å². The van der Waals surface area contributed by atoms with E-state index in [1.807, 2.05) is 0 Å². The summed E-state index contributed by atoms with van der Waals surface area (Å²) in [5.41, 5.74) is 0.582. The third kappa shape index (κ3) is 4.97. The molecule has 1 saturated carbocycles. The molecule has 1 unspecified atom stereocenters. The van der Waals surface area contributed by atoms with Crippen molar-refractivity contribution in [2.24, 2.45) is 11.8 Å². The first-order chi connectivity index (χ1) is 12.5. The monoisotopic (exact) mass is 377 g/mol. The van der Waals surface area contributed by atoms with Crippen LogP contribution in [0, 0.1) is 11.8 Å². The Morgan fingerprint density at radius 1 is 0.962 bits per heavy atom. The highest BCUT2D eigenvalue weighted by Gasteiger charge is 2.30. The molecule has 2 aliphatic rings. The second-order valence-corrected chi connectivity index (χ2v) is 7.39. The average molecular weight is 378 g/mol. The van der Waals surface area contributed by atoms with Crippen molar-refractivity contribution in [1.82, 2.24) is 15.5 Å². The predicted molar refractivity (Wildman–Crippen MR) is 98.8 cm³/mol. The maximum atomic E-state index is 12.6. The van der Waals surface area contributed by atoms with Gasteiger partial charge in [-0.1, -0.05) is 11.6 Å². The number of benzene rings is 1. The van der Waals surface area contributed by atoms with Crippen LogP contribution in [0.2, 0.25) is 5.02 Å². The summed E-state index contributed by atoms with van der Waals surface area (Å²) in [6, 6.07) is 6.80. The van der Waals surface area contributed by atoms with E-state index in [1.165, 1.54) is 0 Å². The fourth-order valence-corrected chi connectivity index (χ4v) is 3.28. The largest absolute Gasteiger partial charge is 0.354 e. The zero-order chi connectivity index (χ0) is 18.5. The number of nitrogens with one attached hydrogen (secondary N) is 2. The first-order valence-corrected chi connectivity index (χ1v) is 9.52. The molecule has 0 radical (unpaired) electrons. The topological polar surface area (TPSA) is 78.5 Å². The number of nitrogens with zero attached hydrogens (tertiary/aromatic N) is 1. The lowest BCUT2D eigenvalue weighted by Crippen LogP contribution is -2.46. The van der Waals surface area contributed by atoms with E-state index in [2.05, 4.69) is 10.6 Å². The van der Waals surface area contributed by atoms with Gasteiger partial charge in [0.15, 0.2) is 0 Å². The van der Waals surface area contributed by atoms with E-state index in [-0.39, 0.29) is 29.6 Å². The van der Waals surface area contributed by atoms with Gasteiger partial charge in [0.1, 0.15) is 0 Å². The average Bonchev–Trinajstić information content (AvgIpc) is 3.50. The minimum Gasteiger partial charge on any atom is -0.354 e. The molecule has 2 fully saturated rings. The maximum Gasteiger partial charge on any atom is 0.253 e. The van der Waals surface area contributed by atoms with E-state index >= 15 is 0 Å². The van der Waals surface area contributed by atoms with Crippen LogP contribution in [0.25, 0.3) is 0 Å². The Morgan fingerprint density at radius 3 is 2.19 bits per heavy atom. The summed E-state index contributed by atoms with van der Waals surface area (Å²) in [5, 5.41) is 6.28. The van der Waals surface area contributed by atoms with Crippen molar-refractivity contribution in [2.75, 3.05) is 26.2 Å². The molecule has 3 amide bonds. The minimum absolute atomic E-state index is 0.0562. The molecule has 0 bridgehead atoms. The van der Waals surface area contributed by atoms with E-state index in [9.17, 15) is 14.4 Å². The van der Waals surface area contributed by atoms with Gasteiger partial charge in [0.05, 0.1) is 5.92 Å². The fraction of sp³-hybridized carbons (Fsp3) is 0.526. The first kappa shape index (κ1) is 18.7. The molecule has 1 saturated heterocycles. The molecule has 6 nitrogen and oxygen atoms in total. The van der Waals surface area contributed by atoms with Gasteiger partial charge in [-0.25, -0.2) is 0 Å². The molecule has 1 atom stereocenters. The number of rotatable bonds is 6. The van der Waals surface area contributed by atoms with Crippen LogP contribution in [-0.2, 0) is 9.59 Å². The second kappa shape index (κ2) is 8.54. The number of piperidine rings is 1. The molecule has 0 aromatic heterocycles. The molecule has 1 aromatic rings. The van der Waals surface area contributed by atoms with Gasteiger partial charge in [0.25, 0.3) is 5.91 Å². The predicted octanol–water partition coefficient (Wildman–Crippen LogP) is 1.83. The third-order valence-electron chi connectivity index (χ3n) is 4.84. The number of carbonyl (C=O) groups is 3. The van der Waals surface area contributed by atoms with Crippen molar-refractivity contribution in [3.8, 4) is 0 Å². The Labute approximate surface area is 158 Å². The molecule has 2 N–H and O–H groups in total. The molecule has 0 spiro atoms. The van der Waals surface area contributed by atoms with E-state index in [0.717, 1.165) is 25.7 Å². The molecule has 1 aliphatic carbocycles. The van der Waals surface area contributed by atoms with Gasteiger partial charge >= 0.3 is 0 Å². The highest BCUT2D eigenvalue weighted by Crippen LogP contribution is 2.28. The normalized spacial score (nSPS) is 19.7. The van der Waals surface area contributed by atoms with Crippen molar-refractivity contribution >= 4 is 29.3 Å². The maximum absolute atomic E-state index is 12.6. The van der Waals surface area contributed by atoms with Crippen LogP contribution in [0.15, 0.2) is 24.3 Å². The zero-order valence-electron chi connectivity index (χ0n) is 14.7. The van der Waals surface area contributed by atoms with E-state index < -0.39 is 0 Å². The quantitative estimate of drug-likeness (QED) is 0.742. The molecular formula is C19H24ClN3O3. The van der Waals surface area contributed by atoms with Gasteiger partial charge < -0.3 is 15.5 Å². The SMILES string of the molecule is O=C(NCCNC(=O)C1CCCN(C(=O)c2ccc(Cl)cc2)C1)C1CC1. The van der Waals surface area contributed by atoms with Crippen LogP contribution in [0.5, 0.6) is 0 Å². The van der Waals surface area contributed by atoms with Crippen LogP contribution < -0.4 is 10.6 Å². The number of hydrogen-bond donors (Lipinski definition) is 2. The standard InChI is InChI=1S/C19H24ClN3O3/c20-16-7-5-14(6-8-16)19(26)23-11-1-2-15(12-23)18(25)22-10-9-21-17(24)13-3-4-13/h5-8,13,15H,1-4,9-12H2,(H,21,24)(H,22,25). The van der Waals surface area contributed by atoms with Crippen molar-refractivity contribution < 1.29 is 14.4 Å².